The molecule has 0 saturated carbocycles. The Morgan fingerprint density at radius 2 is 2.38 bits per heavy atom. The van der Waals surface area contributed by atoms with Gasteiger partial charge >= 0.3 is 0 Å². The molecule has 3 heteroatoms. The zero-order chi connectivity index (χ0) is 9.47. The van der Waals surface area contributed by atoms with Crippen LogP contribution in [0, 0.1) is 6.57 Å². The van der Waals surface area contributed by atoms with Gasteiger partial charge in [-0.1, -0.05) is 0 Å². The SMILES string of the molecule is [C-]#[N+]C12CCOCC(C1)N2C(C)C. The molecule has 2 bridgehead atoms. The van der Waals surface area contributed by atoms with Gasteiger partial charge in [0.1, 0.15) is 0 Å². The third-order valence-electron chi connectivity index (χ3n) is 3.16. The van der Waals surface area contributed by atoms with Crippen molar-refractivity contribution in [1.29, 1.82) is 0 Å². The van der Waals surface area contributed by atoms with E-state index in [1.165, 1.54) is 0 Å². The Morgan fingerprint density at radius 3 is 3.00 bits per heavy atom. The molecule has 3 fully saturated rings. The van der Waals surface area contributed by atoms with Crippen LogP contribution in [0.1, 0.15) is 26.7 Å². The molecular formula is C10H16N2O. The number of ether oxygens (including phenoxy) is 1. The van der Waals surface area contributed by atoms with Gasteiger partial charge in [-0.05, 0) is 13.8 Å². The summed E-state index contributed by atoms with van der Waals surface area (Å²) in [6.07, 6.45) is 1.89. The quantitative estimate of drug-likeness (QED) is 0.569. The molecule has 3 aliphatic rings. The molecule has 3 rings (SSSR count). The minimum Gasteiger partial charge on any atom is -0.379 e. The monoisotopic (exact) mass is 180 g/mol. The lowest BCUT2D eigenvalue weighted by Gasteiger charge is -2.49. The zero-order valence-corrected chi connectivity index (χ0v) is 8.29. The van der Waals surface area contributed by atoms with Crippen molar-refractivity contribution in [1.82, 2.24) is 4.90 Å². The van der Waals surface area contributed by atoms with Crippen molar-refractivity contribution >= 4 is 0 Å². The number of fused-ring (bicyclic) bond motifs is 3. The molecular weight excluding hydrogens is 164 g/mol. The van der Waals surface area contributed by atoms with Crippen LogP contribution in [0.25, 0.3) is 4.85 Å². The van der Waals surface area contributed by atoms with Gasteiger partial charge in [-0.2, -0.15) is 0 Å². The van der Waals surface area contributed by atoms with Gasteiger partial charge in [-0.15, -0.1) is 0 Å². The molecule has 2 atom stereocenters. The molecule has 0 spiro atoms. The molecule has 0 N–H and O–H groups in total. The summed E-state index contributed by atoms with van der Waals surface area (Å²) in [5, 5.41) is 0. The fraction of sp³-hybridized carbons (Fsp3) is 0.900. The van der Waals surface area contributed by atoms with Crippen LogP contribution in [0.2, 0.25) is 0 Å². The van der Waals surface area contributed by atoms with Crippen LogP contribution in [-0.2, 0) is 4.74 Å². The Kier molecular flexibility index (Phi) is 2.05. The summed E-state index contributed by atoms with van der Waals surface area (Å²) in [7, 11) is 0. The first kappa shape index (κ1) is 8.98. The lowest BCUT2D eigenvalue weighted by molar-refractivity contribution is -0.0664. The zero-order valence-electron chi connectivity index (χ0n) is 8.29. The van der Waals surface area contributed by atoms with E-state index in [9.17, 15) is 0 Å². The first-order chi connectivity index (χ1) is 6.19. The van der Waals surface area contributed by atoms with E-state index in [4.69, 9.17) is 11.3 Å². The predicted molar refractivity (Wildman–Crippen MR) is 50.1 cm³/mol. The lowest BCUT2D eigenvalue weighted by Crippen LogP contribution is -2.66. The Morgan fingerprint density at radius 1 is 1.62 bits per heavy atom. The van der Waals surface area contributed by atoms with Crippen LogP contribution in [0.3, 0.4) is 0 Å². The summed E-state index contributed by atoms with van der Waals surface area (Å²) >= 11 is 0. The summed E-state index contributed by atoms with van der Waals surface area (Å²) < 4.78 is 5.47. The average Bonchev–Trinajstić information content (AvgIpc) is 2.33. The molecule has 0 aromatic carbocycles. The van der Waals surface area contributed by atoms with Crippen molar-refractivity contribution in [3.8, 4) is 0 Å². The maximum atomic E-state index is 7.28. The molecule has 3 nitrogen and oxygen atoms in total. The van der Waals surface area contributed by atoms with Gasteiger partial charge in [0.25, 0.3) is 5.66 Å². The highest BCUT2D eigenvalue weighted by Crippen LogP contribution is 2.44. The first-order valence-electron chi connectivity index (χ1n) is 4.94. The van der Waals surface area contributed by atoms with E-state index < -0.39 is 0 Å². The topological polar surface area (TPSA) is 16.8 Å². The van der Waals surface area contributed by atoms with E-state index in [0.717, 1.165) is 26.1 Å². The summed E-state index contributed by atoms with van der Waals surface area (Å²) in [5.41, 5.74) is -0.213. The molecule has 0 radical (unpaired) electrons. The summed E-state index contributed by atoms with van der Waals surface area (Å²) in [6.45, 7) is 13.2. The maximum Gasteiger partial charge on any atom is 0.292 e. The van der Waals surface area contributed by atoms with Gasteiger partial charge in [-0.25, -0.2) is 11.5 Å². The van der Waals surface area contributed by atoms with Gasteiger partial charge in [0.15, 0.2) is 0 Å². The molecule has 72 valence electrons. The van der Waals surface area contributed by atoms with E-state index in [1.807, 2.05) is 0 Å². The van der Waals surface area contributed by atoms with Crippen molar-refractivity contribution in [2.75, 3.05) is 13.2 Å². The summed E-state index contributed by atoms with van der Waals surface area (Å²) in [4.78, 5) is 6.13. The van der Waals surface area contributed by atoms with Crippen LogP contribution < -0.4 is 0 Å². The van der Waals surface area contributed by atoms with Gasteiger partial charge < -0.3 is 4.74 Å². The van der Waals surface area contributed by atoms with Crippen molar-refractivity contribution in [2.45, 2.75) is 44.4 Å². The van der Waals surface area contributed by atoms with Crippen LogP contribution in [0.4, 0.5) is 0 Å². The number of nitrogens with zero attached hydrogens (tertiary/aromatic N) is 2. The van der Waals surface area contributed by atoms with E-state index in [-0.39, 0.29) is 5.66 Å². The first-order valence-corrected chi connectivity index (χ1v) is 4.94. The van der Waals surface area contributed by atoms with Crippen LogP contribution in [0.15, 0.2) is 0 Å². The maximum absolute atomic E-state index is 7.28. The van der Waals surface area contributed by atoms with Crippen LogP contribution in [-0.4, -0.2) is 35.9 Å². The number of rotatable bonds is 1. The van der Waals surface area contributed by atoms with Crippen LogP contribution in [0.5, 0.6) is 0 Å². The van der Waals surface area contributed by atoms with Crippen molar-refractivity contribution in [3.63, 3.8) is 0 Å². The van der Waals surface area contributed by atoms with E-state index in [1.54, 1.807) is 0 Å². The number of hydrogen-bond donors (Lipinski definition) is 0. The van der Waals surface area contributed by atoms with Crippen LogP contribution >= 0.6 is 0 Å². The third-order valence-corrected chi connectivity index (χ3v) is 3.16. The van der Waals surface area contributed by atoms with Gasteiger partial charge in [-0.3, -0.25) is 4.85 Å². The molecule has 3 heterocycles. The smallest absolute Gasteiger partial charge is 0.292 e. The molecule has 0 aromatic heterocycles. The third kappa shape index (κ3) is 1.17. The van der Waals surface area contributed by atoms with Gasteiger partial charge in [0.2, 0.25) is 0 Å². The minimum atomic E-state index is -0.213. The standard InChI is InChI=1S/C10H16N2O/c1-8(2)12-9-6-10(12,11-3)4-5-13-7-9/h8-9H,4-7H2,1-2H3. The second-order valence-corrected chi connectivity index (χ2v) is 4.28. The van der Waals surface area contributed by atoms with Gasteiger partial charge in [0.05, 0.1) is 26.1 Å². The van der Waals surface area contributed by atoms with Crippen molar-refractivity contribution in [2.24, 2.45) is 0 Å². The van der Waals surface area contributed by atoms with Crippen molar-refractivity contribution in [3.05, 3.63) is 11.4 Å². The normalized spacial score (nSPS) is 39.4. The number of hydrogen-bond acceptors (Lipinski definition) is 2. The highest BCUT2D eigenvalue weighted by Gasteiger charge is 2.60. The highest BCUT2D eigenvalue weighted by atomic mass is 16.5. The Labute approximate surface area is 79.5 Å². The molecule has 3 aliphatic heterocycles. The molecule has 0 amide bonds. The second kappa shape index (κ2) is 2.97. The second-order valence-electron chi connectivity index (χ2n) is 4.28. The lowest BCUT2D eigenvalue weighted by atomic mass is 9.83. The average molecular weight is 180 g/mol. The van der Waals surface area contributed by atoms with E-state index >= 15 is 0 Å². The van der Waals surface area contributed by atoms with E-state index in [0.29, 0.717) is 12.1 Å². The van der Waals surface area contributed by atoms with Crippen molar-refractivity contribution < 1.29 is 4.74 Å². The fourth-order valence-corrected chi connectivity index (χ4v) is 2.70. The Hall–Kier alpha value is -0.590. The summed E-state index contributed by atoms with van der Waals surface area (Å²) in [5.74, 6) is 0. The molecule has 2 unspecified atom stereocenters. The minimum absolute atomic E-state index is 0.213. The Balaban J connectivity index is 2.21. The molecule has 13 heavy (non-hydrogen) atoms. The predicted octanol–water partition coefficient (Wildman–Crippen LogP) is 1.50. The Bertz CT molecular complexity index is 242. The summed E-state index contributed by atoms with van der Waals surface area (Å²) in [6, 6.07) is 0.964. The van der Waals surface area contributed by atoms with E-state index in [2.05, 4.69) is 23.6 Å². The largest absolute Gasteiger partial charge is 0.379 e. The molecule has 0 aromatic rings. The fourth-order valence-electron chi connectivity index (χ4n) is 2.70. The van der Waals surface area contributed by atoms with Gasteiger partial charge in [0, 0.05) is 12.1 Å². The molecule has 0 aliphatic carbocycles. The highest BCUT2D eigenvalue weighted by molar-refractivity contribution is 5.13. The molecule has 3 saturated heterocycles.